The molecule has 1 saturated heterocycles. The number of benzene rings is 1. The predicted molar refractivity (Wildman–Crippen MR) is 69.4 cm³/mol. The molecule has 2 unspecified atom stereocenters. The highest BCUT2D eigenvalue weighted by molar-refractivity contribution is 5.86. The van der Waals surface area contributed by atoms with E-state index < -0.39 is 17.3 Å². The average molecular weight is 267 g/mol. The van der Waals surface area contributed by atoms with Crippen LogP contribution in [0.3, 0.4) is 0 Å². The molecule has 0 bridgehead atoms. The lowest BCUT2D eigenvalue weighted by Gasteiger charge is -2.31. The van der Waals surface area contributed by atoms with Gasteiger partial charge in [-0.2, -0.15) is 0 Å². The summed E-state index contributed by atoms with van der Waals surface area (Å²) < 4.78 is 24.3. The Morgan fingerprint density at radius 2 is 2.32 bits per heavy atom. The molecule has 1 fully saturated rings. The van der Waals surface area contributed by atoms with Crippen molar-refractivity contribution in [2.45, 2.75) is 31.9 Å². The molecule has 0 aliphatic carbocycles. The number of rotatable bonds is 4. The van der Waals surface area contributed by atoms with Crippen LogP contribution in [-0.2, 0) is 14.3 Å². The highest BCUT2D eigenvalue weighted by Gasteiger charge is 2.49. The first-order chi connectivity index (χ1) is 9.10. The highest BCUT2D eigenvalue weighted by Crippen LogP contribution is 2.32. The minimum absolute atomic E-state index is 0.284. The average Bonchev–Trinajstić information content (AvgIpc) is 2.75. The minimum Gasteiger partial charge on any atom is -0.464 e. The van der Waals surface area contributed by atoms with Crippen LogP contribution >= 0.6 is 0 Å². The Bertz CT molecular complexity index is 466. The van der Waals surface area contributed by atoms with Crippen molar-refractivity contribution in [3.05, 3.63) is 30.1 Å². The molecule has 1 aromatic carbocycles. The summed E-state index contributed by atoms with van der Waals surface area (Å²) in [5.41, 5.74) is -0.731. The molecule has 1 aliphatic heterocycles. The molecule has 0 spiro atoms. The van der Waals surface area contributed by atoms with Gasteiger partial charge < -0.3 is 14.8 Å². The summed E-state index contributed by atoms with van der Waals surface area (Å²) in [7, 11) is 0. The molecule has 1 aromatic rings. The molecule has 1 aliphatic rings. The van der Waals surface area contributed by atoms with Crippen molar-refractivity contribution >= 4 is 11.7 Å². The SMILES string of the molecule is CCOC(=O)C1(Nc2ccccc2F)CCOC1C. The van der Waals surface area contributed by atoms with E-state index in [4.69, 9.17) is 9.47 Å². The summed E-state index contributed by atoms with van der Waals surface area (Å²) in [5, 5.41) is 2.98. The molecule has 0 radical (unpaired) electrons. The van der Waals surface area contributed by atoms with E-state index in [1.165, 1.54) is 6.07 Å². The smallest absolute Gasteiger partial charge is 0.334 e. The van der Waals surface area contributed by atoms with Crippen molar-refractivity contribution in [2.75, 3.05) is 18.5 Å². The van der Waals surface area contributed by atoms with E-state index in [9.17, 15) is 9.18 Å². The van der Waals surface area contributed by atoms with Crippen molar-refractivity contribution in [2.24, 2.45) is 0 Å². The number of anilines is 1. The van der Waals surface area contributed by atoms with Crippen molar-refractivity contribution in [1.82, 2.24) is 0 Å². The van der Waals surface area contributed by atoms with Gasteiger partial charge in [0, 0.05) is 13.0 Å². The summed E-state index contributed by atoms with van der Waals surface area (Å²) >= 11 is 0. The van der Waals surface area contributed by atoms with Crippen LogP contribution in [0.25, 0.3) is 0 Å². The molecule has 5 heteroatoms. The second-order valence-electron chi connectivity index (χ2n) is 4.56. The molecule has 19 heavy (non-hydrogen) atoms. The predicted octanol–water partition coefficient (Wildman–Crippen LogP) is 2.35. The van der Waals surface area contributed by atoms with Gasteiger partial charge in [0.1, 0.15) is 5.82 Å². The number of hydrogen-bond acceptors (Lipinski definition) is 4. The van der Waals surface area contributed by atoms with Gasteiger partial charge in [-0.15, -0.1) is 0 Å². The summed E-state index contributed by atoms with van der Waals surface area (Å²) in [5.74, 6) is -0.798. The van der Waals surface area contributed by atoms with Gasteiger partial charge in [0.2, 0.25) is 0 Å². The Balaban J connectivity index is 2.29. The van der Waals surface area contributed by atoms with Crippen LogP contribution in [0.2, 0.25) is 0 Å². The maximum atomic E-state index is 13.7. The van der Waals surface area contributed by atoms with E-state index >= 15 is 0 Å². The zero-order valence-corrected chi connectivity index (χ0v) is 11.1. The van der Waals surface area contributed by atoms with Gasteiger partial charge in [0.15, 0.2) is 5.54 Å². The van der Waals surface area contributed by atoms with E-state index in [0.29, 0.717) is 13.0 Å². The Hall–Kier alpha value is -1.62. The van der Waals surface area contributed by atoms with E-state index in [0.717, 1.165) is 0 Å². The van der Waals surface area contributed by atoms with Gasteiger partial charge in [0.05, 0.1) is 18.4 Å². The summed E-state index contributed by atoms with van der Waals surface area (Å²) in [6, 6.07) is 6.26. The van der Waals surface area contributed by atoms with Crippen molar-refractivity contribution in [3.8, 4) is 0 Å². The second kappa shape index (κ2) is 5.57. The Morgan fingerprint density at radius 3 is 2.89 bits per heavy atom. The third-order valence-corrected chi connectivity index (χ3v) is 3.43. The molecule has 104 valence electrons. The van der Waals surface area contributed by atoms with Crippen molar-refractivity contribution in [3.63, 3.8) is 0 Å². The lowest BCUT2D eigenvalue weighted by molar-refractivity contribution is -0.150. The number of nitrogens with one attached hydrogen (secondary N) is 1. The molecule has 0 amide bonds. The standard InChI is InChI=1S/C14H18FNO3/c1-3-18-13(17)14(8-9-19-10(14)2)16-12-7-5-4-6-11(12)15/h4-7,10,16H,3,8-9H2,1-2H3. The number of esters is 1. The fourth-order valence-electron chi connectivity index (χ4n) is 2.29. The van der Waals surface area contributed by atoms with Crippen molar-refractivity contribution < 1.29 is 18.7 Å². The Morgan fingerprint density at radius 1 is 1.58 bits per heavy atom. The quantitative estimate of drug-likeness (QED) is 0.851. The first kappa shape index (κ1) is 13.8. The number of para-hydroxylation sites is 1. The lowest BCUT2D eigenvalue weighted by atomic mass is 9.91. The minimum atomic E-state index is -1.02. The Kier molecular flexibility index (Phi) is 4.04. The maximum Gasteiger partial charge on any atom is 0.334 e. The lowest BCUT2D eigenvalue weighted by Crippen LogP contribution is -2.52. The topological polar surface area (TPSA) is 47.6 Å². The molecular formula is C14H18FNO3. The zero-order valence-electron chi connectivity index (χ0n) is 11.1. The van der Waals surface area contributed by atoms with E-state index in [-0.39, 0.29) is 18.4 Å². The van der Waals surface area contributed by atoms with E-state index in [2.05, 4.69) is 5.32 Å². The van der Waals surface area contributed by atoms with Gasteiger partial charge in [-0.05, 0) is 26.0 Å². The highest BCUT2D eigenvalue weighted by atomic mass is 19.1. The first-order valence-corrected chi connectivity index (χ1v) is 6.41. The van der Waals surface area contributed by atoms with Gasteiger partial charge in [0.25, 0.3) is 0 Å². The third-order valence-electron chi connectivity index (χ3n) is 3.43. The van der Waals surface area contributed by atoms with Crippen LogP contribution < -0.4 is 5.32 Å². The molecule has 1 N–H and O–H groups in total. The number of ether oxygens (including phenoxy) is 2. The summed E-state index contributed by atoms with van der Waals surface area (Å²) in [6.07, 6.45) is 0.0904. The number of halogens is 1. The van der Waals surface area contributed by atoms with Gasteiger partial charge in [-0.3, -0.25) is 0 Å². The van der Waals surface area contributed by atoms with Crippen LogP contribution in [0.15, 0.2) is 24.3 Å². The van der Waals surface area contributed by atoms with Crippen LogP contribution in [0.5, 0.6) is 0 Å². The normalized spacial score (nSPS) is 26.2. The molecule has 2 rings (SSSR count). The zero-order chi connectivity index (χ0) is 13.9. The van der Waals surface area contributed by atoms with Crippen LogP contribution in [0.4, 0.5) is 10.1 Å². The van der Waals surface area contributed by atoms with Gasteiger partial charge in [-0.1, -0.05) is 12.1 Å². The van der Waals surface area contributed by atoms with Crippen LogP contribution in [0, 0.1) is 5.82 Å². The van der Waals surface area contributed by atoms with Gasteiger partial charge in [-0.25, -0.2) is 9.18 Å². The van der Waals surface area contributed by atoms with Crippen molar-refractivity contribution in [1.29, 1.82) is 0 Å². The molecule has 1 heterocycles. The Labute approximate surface area is 111 Å². The summed E-state index contributed by atoms with van der Waals surface area (Å²) in [6.45, 7) is 4.26. The van der Waals surface area contributed by atoms with Crippen LogP contribution in [0.1, 0.15) is 20.3 Å². The second-order valence-corrected chi connectivity index (χ2v) is 4.56. The molecule has 2 atom stereocenters. The summed E-state index contributed by atoms with van der Waals surface area (Å²) in [4.78, 5) is 12.2. The fourth-order valence-corrected chi connectivity index (χ4v) is 2.29. The monoisotopic (exact) mass is 267 g/mol. The molecule has 0 aromatic heterocycles. The number of carbonyl (C=O) groups excluding carboxylic acids is 1. The largest absolute Gasteiger partial charge is 0.464 e. The third kappa shape index (κ3) is 2.56. The van der Waals surface area contributed by atoms with E-state index in [1.54, 1.807) is 32.0 Å². The molecule has 0 saturated carbocycles. The number of carbonyl (C=O) groups is 1. The number of hydrogen-bond donors (Lipinski definition) is 1. The van der Waals surface area contributed by atoms with E-state index in [1.807, 2.05) is 0 Å². The molecule has 4 nitrogen and oxygen atoms in total. The van der Waals surface area contributed by atoms with Gasteiger partial charge >= 0.3 is 5.97 Å². The fraction of sp³-hybridized carbons (Fsp3) is 0.500. The maximum absolute atomic E-state index is 13.7. The molecular weight excluding hydrogens is 249 g/mol. The van der Waals surface area contributed by atoms with Crippen LogP contribution in [-0.4, -0.2) is 30.8 Å². The first-order valence-electron chi connectivity index (χ1n) is 6.41.